The van der Waals surface area contributed by atoms with E-state index in [0.29, 0.717) is 22.6 Å². The van der Waals surface area contributed by atoms with Crippen LogP contribution < -0.4 is 14.9 Å². The largest absolute Gasteiger partial charge is 0.489 e. The summed E-state index contributed by atoms with van der Waals surface area (Å²) in [5.41, 5.74) is 4.40. The standard InChI is InChI=1S/C23H23Cl2NO3/c1-5-18-14(3)22(27)21-15(4)23(13(2)12-19(21)26-18)29-17-8-6-16(7-9-17)28-11-10-20(24)25/h6-10,12H,5,11H2,1-4H3,(H,26,27). The van der Waals surface area contributed by atoms with Gasteiger partial charge < -0.3 is 14.5 Å². The maximum absolute atomic E-state index is 12.9. The van der Waals surface area contributed by atoms with Crippen LogP contribution in [0.5, 0.6) is 17.2 Å². The van der Waals surface area contributed by atoms with Crippen LogP contribution in [0.15, 0.2) is 45.7 Å². The van der Waals surface area contributed by atoms with Crippen molar-refractivity contribution in [3.63, 3.8) is 0 Å². The van der Waals surface area contributed by atoms with Crippen LogP contribution in [0.2, 0.25) is 0 Å². The SMILES string of the molecule is CCc1[nH]c2cc(C)c(Oc3ccc(OCC=C(Cl)Cl)cc3)c(C)c2c(=O)c1C. The molecule has 1 N–H and O–H groups in total. The van der Waals surface area contributed by atoms with Gasteiger partial charge in [-0.05, 0) is 69.2 Å². The Labute approximate surface area is 180 Å². The Balaban J connectivity index is 1.93. The highest BCUT2D eigenvalue weighted by Crippen LogP contribution is 2.33. The van der Waals surface area contributed by atoms with Gasteiger partial charge in [0.05, 0.1) is 10.9 Å². The Morgan fingerprint density at radius 1 is 1.07 bits per heavy atom. The van der Waals surface area contributed by atoms with Crippen molar-refractivity contribution in [3.05, 3.63) is 73.5 Å². The predicted molar refractivity (Wildman–Crippen MR) is 120 cm³/mol. The number of hydrogen-bond donors (Lipinski definition) is 1. The number of H-pyrrole nitrogens is 1. The molecule has 29 heavy (non-hydrogen) atoms. The number of aromatic amines is 1. The van der Waals surface area contributed by atoms with E-state index in [9.17, 15) is 4.79 Å². The van der Waals surface area contributed by atoms with Crippen molar-refractivity contribution in [1.29, 1.82) is 0 Å². The van der Waals surface area contributed by atoms with E-state index in [1.165, 1.54) is 0 Å². The minimum absolute atomic E-state index is 0.0488. The van der Waals surface area contributed by atoms with Crippen molar-refractivity contribution in [1.82, 2.24) is 4.98 Å². The number of pyridine rings is 1. The van der Waals surface area contributed by atoms with Crippen molar-refractivity contribution < 1.29 is 9.47 Å². The number of aryl methyl sites for hydroxylation is 3. The van der Waals surface area contributed by atoms with E-state index >= 15 is 0 Å². The first-order chi connectivity index (χ1) is 13.8. The summed E-state index contributed by atoms with van der Waals surface area (Å²) >= 11 is 11.1. The van der Waals surface area contributed by atoms with Crippen LogP contribution in [0.4, 0.5) is 0 Å². The van der Waals surface area contributed by atoms with Crippen molar-refractivity contribution in [2.45, 2.75) is 34.1 Å². The summed E-state index contributed by atoms with van der Waals surface area (Å²) in [6.07, 6.45) is 2.35. The fourth-order valence-corrected chi connectivity index (χ4v) is 3.50. The second-order valence-electron chi connectivity index (χ2n) is 6.86. The lowest BCUT2D eigenvalue weighted by Gasteiger charge is -2.16. The minimum Gasteiger partial charge on any atom is -0.489 e. The van der Waals surface area contributed by atoms with E-state index in [-0.39, 0.29) is 16.5 Å². The van der Waals surface area contributed by atoms with Crippen molar-refractivity contribution in [2.24, 2.45) is 0 Å². The van der Waals surface area contributed by atoms with Crippen molar-refractivity contribution >= 4 is 34.1 Å². The summed E-state index contributed by atoms with van der Waals surface area (Å²) in [6.45, 7) is 8.08. The van der Waals surface area contributed by atoms with Gasteiger partial charge in [0.25, 0.3) is 0 Å². The number of fused-ring (bicyclic) bond motifs is 1. The summed E-state index contributed by atoms with van der Waals surface area (Å²) in [4.78, 5) is 16.3. The highest BCUT2D eigenvalue weighted by atomic mass is 35.5. The average molecular weight is 432 g/mol. The lowest BCUT2D eigenvalue weighted by molar-refractivity contribution is 0.362. The molecular formula is C23H23Cl2NO3. The second kappa shape index (κ2) is 8.93. The molecule has 0 bridgehead atoms. The summed E-state index contributed by atoms with van der Waals surface area (Å²) in [5.74, 6) is 2.03. The molecule has 2 aromatic carbocycles. The first-order valence-corrected chi connectivity index (χ1v) is 10.1. The zero-order chi connectivity index (χ0) is 21.1. The van der Waals surface area contributed by atoms with Gasteiger partial charge in [-0.25, -0.2) is 0 Å². The number of hydrogen-bond acceptors (Lipinski definition) is 3. The third kappa shape index (κ3) is 4.60. The van der Waals surface area contributed by atoms with Gasteiger partial charge in [-0.2, -0.15) is 0 Å². The van der Waals surface area contributed by atoms with Gasteiger partial charge in [-0.3, -0.25) is 4.79 Å². The third-order valence-corrected chi connectivity index (χ3v) is 5.20. The smallest absolute Gasteiger partial charge is 0.192 e. The van der Waals surface area contributed by atoms with Gasteiger partial charge in [0.15, 0.2) is 5.43 Å². The maximum atomic E-state index is 12.9. The fourth-order valence-electron chi connectivity index (χ4n) is 3.37. The zero-order valence-electron chi connectivity index (χ0n) is 16.9. The molecule has 0 spiro atoms. The van der Waals surface area contributed by atoms with Crippen LogP contribution in [0.25, 0.3) is 10.9 Å². The molecule has 3 aromatic rings. The van der Waals surface area contributed by atoms with E-state index in [0.717, 1.165) is 34.3 Å². The highest BCUT2D eigenvalue weighted by Gasteiger charge is 2.16. The molecular weight excluding hydrogens is 409 g/mol. The quantitative estimate of drug-likeness (QED) is 0.483. The van der Waals surface area contributed by atoms with Crippen LogP contribution in [-0.2, 0) is 6.42 Å². The molecule has 0 saturated carbocycles. The predicted octanol–water partition coefficient (Wildman–Crippen LogP) is 6.51. The van der Waals surface area contributed by atoms with Gasteiger partial charge in [-0.1, -0.05) is 30.1 Å². The van der Waals surface area contributed by atoms with Gasteiger partial charge in [0.2, 0.25) is 0 Å². The number of nitrogens with one attached hydrogen (secondary N) is 1. The molecule has 0 saturated heterocycles. The number of benzene rings is 2. The molecule has 0 radical (unpaired) electrons. The van der Waals surface area contributed by atoms with E-state index in [1.807, 2.05) is 58.0 Å². The lowest BCUT2D eigenvalue weighted by Crippen LogP contribution is -2.13. The maximum Gasteiger partial charge on any atom is 0.192 e. The summed E-state index contributed by atoms with van der Waals surface area (Å²) < 4.78 is 11.8. The number of ether oxygens (including phenoxy) is 2. The molecule has 0 unspecified atom stereocenters. The monoisotopic (exact) mass is 431 g/mol. The molecule has 4 nitrogen and oxygen atoms in total. The van der Waals surface area contributed by atoms with E-state index in [4.69, 9.17) is 32.7 Å². The molecule has 0 atom stereocenters. The Morgan fingerprint density at radius 3 is 2.34 bits per heavy atom. The molecule has 0 aliphatic rings. The summed E-state index contributed by atoms with van der Waals surface area (Å²) in [6, 6.07) is 9.22. The molecule has 0 amide bonds. The lowest BCUT2D eigenvalue weighted by atomic mass is 10.0. The molecule has 1 heterocycles. The second-order valence-corrected chi connectivity index (χ2v) is 7.87. The number of rotatable bonds is 6. The molecule has 0 fully saturated rings. The van der Waals surface area contributed by atoms with Gasteiger partial charge >= 0.3 is 0 Å². The Kier molecular flexibility index (Phi) is 6.56. The van der Waals surface area contributed by atoms with Crippen LogP contribution in [0, 0.1) is 20.8 Å². The highest BCUT2D eigenvalue weighted by molar-refractivity contribution is 6.55. The number of aromatic nitrogens is 1. The average Bonchev–Trinajstić information content (AvgIpc) is 2.68. The summed E-state index contributed by atoms with van der Waals surface area (Å²) in [7, 11) is 0. The topological polar surface area (TPSA) is 51.3 Å². The summed E-state index contributed by atoms with van der Waals surface area (Å²) in [5, 5.41) is 0.671. The first-order valence-electron chi connectivity index (χ1n) is 9.39. The van der Waals surface area contributed by atoms with Gasteiger partial charge in [0.1, 0.15) is 28.3 Å². The van der Waals surface area contributed by atoms with Crippen LogP contribution >= 0.6 is 23.2 Å². The molecule has 0 aliphatic heterocycles. The van der Waals surface area contributed by atoms with Crippen LogP contribution in [-0.4, -0.2) is 11.6 Å². The van der Waals surface area contributed by atoms with Crippen LogP contribution in [0.1, 0.15) is 29.3 Å². The van der Waals surface area contributed by atoms with Crippen LogP contribution in [0.3, 0.4) is 0 Å². The fraction of sp³-hybridized carbons (Fsp3) is 0.261. The first kappa shape index (κ1) is 21.3. The molecule has 6 heteroatoms. The zero-order valence-corrected chi connectivity index (χ0v) is 18.4. The molecule has 0 aliphatic carbocycles. The number of halogens is 2. The van der Waals surface area contributed by atoms with E-state index < -0.39 is 0 Å². The third-order valence-electron chi connectivity index (χ3n) is 4.89. The van der Waals surface area contributed by atoms with E-state index in [2.05, 4.69) is 4.98 Å². The Bertz CT molecular complexity index is 1130. The van der Waals surface area contributed by atoms with E-state index in [1.54, 1.807) is 6.08 Å². The molecule has 152 valence electrons. The van der Waals surface area contributed by atoms with Crippen molar-refractivity contribution in [2.75, 3.05) is 6.61 Å². The normalized spacial score (nSPS) is 10.8. The van der Waals surface area contributed by atoms with Gasteiger partial charge in [0, 0.05) is 16.8 Å². The molecule has 1 aromatic heterocycles. The Hall–Kier alpha value is -2.43. The van der Waals surface area contributed by atoms with Gasteiger partial charge in [-0.15, -0.1) is 0 Å². The Morgan fingerprint density at radius 2 is 1.72 bits per heavy atom. The molecule has 3 rings (SSSR count). The minimum atomic E-state index is 0.0488. The van der Waals surface area contributed by atoms with Crippen molar-refractivity contribution in [3.8, 4) is 17.2 Å².